The van der Waals surface area contributed by atoms with Gasteiger partial charge in [-0.1, -0.05) is 6.92 Å². The number of benzene rings is 2. The van der Waals surface area contributed by atoms with E-state index in [2.05, 4.69) is 20.6 Å². The fourth-order valence-electron chi connectivity index (χ4n) is 2.79. The lowest BCUT2D eigenvalue weighted by molar-refractivity contribution is 0.0505. The molecule has 0 spiro atoms. The maximum Gasteiger partial charge on any atom is 0.338 e. The SMILES string of the molecule is CCCOC(=O)c1ccc(NC(=O)c2ccc(Nc3nc(C)cc(C)n3)cc2)cc1. The fourth-order valence-corrected chi connectivity index (χ4v) is 2.79. The highest BCUT2D eigenvalue weighted by Crippen LogP contribution is 2.17. The zero-order chi connectivity index (χ0) is 21.5. The van der Waals surface area contributed by atoms with Crippen molar-refractivity contribution in [3.63, 3.8) is 0 Å². The van der Waals surface area contributed by atoms with Crippen LogP contribution in [0.5, 0.6) is 0 Å². The molecule has 0 radical (unpaired) electrons. The minimum Gasteiger partial charge on any atom is -0.462 e. The largest absolute Gasteiger partial charge is 0.462 e. The molecule has 1 amide bonds. The minimum atomic E-state index is -0.370. The van der Waals surface area contributed by atoms with Gasteiger partial charge < -0.3 is 15.4 Å². The predicted molar refractivity (Wildman–Crippen MR) is 116 cm³/mol. The van der Waals surface area contributed by atoms with Crippen molar-refractivity contribution in [1.82, 2.24) is 9.97 Å². The van der Waals surface area contributed by atoms with E-state index in [4.69, 9.17) is 4.74 Å². The highest BCUT2D eigenvalue weighted by atomic mass is 16.5. The molecule has 2 N–H and O–H groups in total. The molecule has 154 valence electrons. The quantitative estimate of drug-likeness (QED) is 0.557. The van der Waals surface area contributed by atoms with Gasteiger partial charge in [0, 0.05) is 28.3 Å². The van der Waals surface area contributed by atoms with Gasteiger partial charge in [0.25, 0.3) is 5.91 Å². The van der Waals surface area contributed by atoms with Crippen LogP contribution in [0.2, 0.25) is 0 Å². The Labute approximate surface area is 175 Å². The van der Waals surface area contributed by atoms with Gasteiger partial charge in [0.2, 0.25) is 5.95 Å². The zero-order valence-corrected chi connectivity index (χ0v) is 17.2. The van der Waals surface area contributed by atoms with Crippen LogP contribution in [0.4, 0.5) is 17.3 Å². The third-order valence-electron chi connectivity index (χ3n) is 4.20. The molecule has 0 fully saturated rings. The molecule has 3 rings (SSSR count). The van der Waals surface area contributed by atoms with Crippen molar-refractivity contribution in [2.45, 2.75) is 27.2 Å². The maximum absolute atomic E-state index is 12.5. The van der Waals surface area contributed by atoms with E-state index in [1.165, 1.54) is 0 Å². The Morgan fingerprint density at radius 3 is 2.03 bits per heavy atom. The monoisotopic (exact) mass is 404 g/mol. The summed E-state index contributed by atoms with van der Waals surface area (Å²) < 4.78 is 5.09. The molecule has 1 heterocycles. The van der Waals surface area contributed by atoms with Gasteiger partial charge >= 0.3 is 5.97 Å². The van der Waals surface area contributed by atoms with Crippen molar-refractivity contribution < 1.29 is 14.3 Å². The number of rotatable bonds is 7. The molecule has 7 heteroatoms. The second kappa shape index (κ2) is 9.65. The van der Waals surface area contributed by atoms with Crippen LogP contribution in [0.25, 0.3) is 0 Å². The van der Waals surface area contributed by atoms with Crippen molar-refractivity contribution in [2.75, 3.05) is 17.2 Å². The summed E-state index contributed by atoms with van der Waals surface area (Å²) in [6, 6.07) is 15.5. The summed E-state index contributed by atoms with van der Waals surface area (Å²) in [6.45, 7) is 6.14. The van der Waals surface area contributed by atoms with Crippen molar-refractivity contribution in [1.29, 1.82) is 0 Å². The lowest BCUT2D eigenvalue weighted by atomic mass is 10.1. The van der Waals surface area contributed by atoms with Crippen LogP contribution < -0.4 is 10.6 Å². The normalized spacial score (nSPS) is 10.4. The molecule has 0 saturated heterocycles. The van der Waals surface area contributed by atoms with E-state index in [1.54, 1.807) is 48.5 Å². The Balaban J connectivity index is 1.61. The lowest BCUT2D eigenvalue weighted by Gasteiger charge is -2.09. The van der Waals surface area contributed by atoms with Crippen LogP contribution in [-0.2, 0) is 4.74 Å². The average Bonchev–Trinajstić information content (AvgIpc) is 2.72. The minimum absolute atomic E-state index is 0.245. The number of aryl methyl sites for hydroxylation is 2. The number of aromatic nitrogens is 2. The molecule has 0 unspecified atom stereocenters. The van der Waals surface area contributed by atoms with E-state index < -0.39 is 0 Å². The van der Waals surface area contributed by atoms with E-state index >= 15 is 0 Å². The Bertz CT molecular complexity index is 1010. The number of ether oxygens (including phenoxy) is 1. The van der Waals surface area contributed by atoms with Crippen molar-refractivity contribution in [3.8, 4) is 0 Å². The second-order valence-corrected chi connectivity index (χ2v) is 6.84. The molecule has 0 aliphatic rings. The van der Waals surface area contributed by atoms with Crippen molar-refractivity contribution in [2.24, 2.45) is 0 Å². The van der Waals surface area contributed by atoms with E-state index in [9.17, 15) is 9.59 Å². The summed E-state index contributed by atoms with van der Waals surface area (Å²) in [6.07, 6.45) is 0.770. The molecular formula is C23H24N4O3. The number of nitrogens with zero attached hydrogens (tertiary/aromatic N) is 2. The maximum atomic E-state index is 12.5. The molecule has 7 nitrogen and oxygen atoms in total. The number of esters is 1. The van der Waals surface area contributed by atoms with Crippen LogP contribution in [0, 0.1) is 13.8 Å². The van der Waals surface area contributed by atoms with Crippen molar-refractivity contribution in [3.05, 3.63) is 77.1 Å². The molecule has 3 aromatic rings. The molecule has 0 saturated carbocycles. The highest BCUT2D eigenvalue weighted by molar-refractivity contribution is 6.04. The van der Waals surface area contributed by atoms with Gasteiger partial charge in [-0.3, -0.25) is 4.79 Å². The van der Waals surface area contributed by atoms with Gasteiger partial charge in [0.05, 0.1) is 12.2 Å². The second-order valence-electron chi connectivity index (χ2n) is 6.84. The van der Waals surface area contributed by atoms with Gasteiger partial charge in [-0.2, -0.15) is 0 Å². The Morgan fingerprint density at radius 2 is 1.43 bits per heavy atom. The number of carbonyl (C=O) groups excluding carboxylic acids is 2. The highest BCUT2D eigenvalue weighted by Gasteiger charge is 2.09. The first-order valence-electron chi connectivity index (χ1n) is 9.72. The molecule has 0 bridgehead atoms. The lowest BCUT2D eigenvalue weighted by Crippen LogP contribution is -2.12. The van der Waals surface area contributed by atoms with Crippen LogP contribution in [-0.4, -0.2) is 28.5 Å². The Hall–Kier alpha value is -3.74. The van der Waals surface area contributed by atoms with Gasteiger partial charge in [0.15, 0.2) is 0 Å². The molecule has 30 heavy (non-hydrogen) atoms. The van der Waals surface area contributed by atoms with Gasteiger partial charge in [-0.05, 0) is 74.9 Å². The van der Waals surface area contributed by atoms with E-state index in [-0.39, 0.29) is 11.9 Å². The van der Waals surface area contributed by atoms with Crippen LogP contribution in [0.3, 0.4) is 0 Å². The van der Waals surface area contributed by atoms with Gasteiger partial charge in [-0.15, -0.1) is 0 Å². The van der Waals surface area contributed by atoms with E-state index in [0.717, 1.165) is 23.5 Å². The summed E-state index contributed by atoms with van der Waals surface area (Å²) in [5.74, 6) is -0.0987. The first-order valence-corrected chi connectivity index (χ1v) is 9.72. The summed E-state index contributed by atoms with van der Waals surface area (Å²) in [5, 5.41) is 5.95. The number of hydrogen-bond donors (Lipinski definition) is 2. The number of amides is 1. The summed E-state index contributed by atoms with van der Waals surface area (Å²) >= 11 is 0. The van der Waals surface area contributed by atoms with Crippen molar-refractivity contribution >= 4 is 29.2 Å². The van der Waals surface area contributed by atoms with Crippen LogP contribution >= 0.6 is 0 Å². The third kappa shape index (κ3) is 5.64. The average molecular weight is 404 g/mol. The summed E-state index contributed by atoms with van der Waals surface area (Å²) in [4.78, 5) is 33.0. The third-order valence-corrected chi connectivity index (χ3v) is 4.20. The van der Waals surface area contributed by atoms with Crippen LogP contribution in [0.1, 0.15) is 45.4 Å². The first kappa shape index (κ1) is 21.0. The zero-order valence-electron chi connectivity index (χ0n) is 17.2. The van der Waals surface area contributed by atoms with Gasteiger partial charge in [0.1, 0.15) is 0 Å². The van der Waals surface area contributed by atoms with Gasteiger partial charge in [-0.25, -0.2) is 14.8 Å². The topological polar surface area (TPSA) is 93.2 Å². The van der Waals surface area contributed by atoms with E-state index in [0.29, 0.717) is 29.4 Å². The molecule has 2 aromatic carbocycles. The summed E-state index contributed by atoms with van der Waals surface area (Å²) in [5.41, 5.74) is 4.10. The fraction of sp³-hybridized carbons (Fsp3) is 0.217. The Morgan fingerprint density at radius 1 is 0.867 bits per heavy atom. The standard InChI is InChI=1S/C23H24N4O3/c1-4-13-30-22(29)18-7-11-19(12-8-18)26-21(28)17-5-9-20(10-6-17)27-23-24-15(2)14-16(3)25-23/h5-12,14H,4,13H2,1-3H3,(H,26,28)(H,24,25,27). The summed E-state index contributed by atoms with van der Waals surface area (Å²) in [7, 11) is 0. The number of nitrogens with one attached hydrogen (secondary N) is 2. The first-order chi connectivity index (χ1) is 14.4. The number of anilines is 3. The number of hydrogen-bond acceptors (Lipinski definition) is 6. The predicted octanol–water partition coefficient (Wildman–Crippen LogP) is 4.66. The molecule has 0 aliphatic heterocycles. The number of carbonyl (C=O) groups is 2. The molecule has 0 aliphatic carbocycles. The van der Waals surface area contributed by atoms with Crippen LogP contribution in [0.15, 0.2) is 54.6 Å². The Kier molecular flexibility index (Phi) is 6.75. The van der Waals surface area contributed by atoms with E-state index in [1.807, 2.05) is 26.8 Å². The molecular weight excluding hydrogens is 380 g/mol. The molecule has 0 atom stereocenters. The molecule has 1 aromatic heterocycles. The smallest absolute Gasteiger partial charge is 0.338 e.